The SMILES string of the molecule is CCCCC1(C)C(O)(OCc2ccccc2)C(C(=O)N2Cc3ccc(OCCN(C)C)cc3C2)=CC(C(N)=O)C1(O)OCc1ccccc1. The Morgan fingerprint density at radius 3 is 2.12 bits per heavy atom. The molecule has 49 heavy (non-hydrogen) atoms. The molecule has 10 heteroatoms. The number of nitrogens with two attached hydrogens (primary N) is 1. The van der Waals surface area contributed by atoms with Crippen LogP contribution < -0.4 is 10.5 Å². The summed E-state index contributed by atoms with van der Waals surface area (Å²) in [6, 6.07) is 24.2. The fourth-order valence-electron chi connectivity index (χ4n) is 6.78. The number of fused-ring (bicyclic) bond motifs is 1. The first-order valence-electron chi connectivity index (χ1n) is 16.9. The van der Waals surface area contributed by atoms with Gasteiger partial charge in [-0.05, 0) is 61.8 Å². The van der Waals surface area contributed by atoms with Gasteiger partial charge in [0.05, 0.1) is 24.2 Å². The molecule has 0 aromatic heterocycles. The molecule has 262 valence electrons. The van der Waals surface area contributed by atoms with Crippen molar-refractivity contribution in [1.82, 2.24) is 9.80 Å². The van der Waals surface area contributed by atoms with Crippen molar-refractivity contribution in [2.75, 3.05) is 27.2 Å². The number of carbonyl (C=O) groups is 2. The minimum atomic E-state index is -2.39. The van der Waals surface area contributed by atoms with E-state index in [2.05, 4.69) is 0 Å². The van der Waals surface area contributed by atoms with Gasteiger partial charge >= 0.3 is 0 Å². The number of nitrogens with zero attached hydrogens (tertiary/aromatic N) is 2. The molecule has 1 aliphatic carbocycles. The minimum absolute atomic E-state index is 0.0743. The molecule has 4 atom stereocenters. The quantitative estimate of drug-likeness (QED) is 0.201. The maximum Gasteiger partial charge on any atom is 0.255 e. The molecule has 1 aliphatic heterocycles. The van der Waals surface area contributed by atoms with E-state index in [1.54, 1.807) is 11.8 Å². The molecule has 4 N–H and O–H groups in total. The van der Waals surface area contributed by atoms with Gasteiger partial charge in [0.15, 0.2) is 5.79 Å². The predicted molar refractivity (Wildman–Crippen MR) is 186 cm³/mol. The van der Waals surface area contributed by atoms with Gasteiger partial charge in [0.25, 0.3) is 5.91 Å². The number of primary amides is 1. The van der Waals surface area contributed by atoms with Crippen molar-refractivity contribution in [3.8, 4) is 5.75 Å². The van der Waals surface area contributed by atoms with E-state index in [1.807, 2.05) is 105 Å². The number of hydrogen-bond donors (Lipinski definition) is 3. The summed E-state index contributed by atoms with van der Waals surface area (Å²) in [5, 5.41) is 25.6. The molecule has 2 amide bonds. The van der Waals surface area contributed by atoms with E-state index in [-0.39, 0.29) is 38.3 Å². The molecule has 3 aromatic carbocycles. The Bertz CT molecular complexity index is 1630. The number of rotatable bonds is 15. The van der Waals surface area contributed by atoms with Crippen LogP contribution in [0.25, 0.3) is 0 Å². The van der Waals surface area contributed by atoms with Gasteiger partial charge in [0, 0.05) is 19.6 Å². The number of ether oxygens (including phenoxy) is 3. The molecule has 10 nitrogen and oxygen atoms in total. The molecule has 2 aliphatic rings. The van der Waals surface area contributed by atoms with E-state index in [1.165, 1.54) is 6.08 Å². The highest BCUT2D eigenvalue weighted by molar-refractivity contribution is 5.97. The van der Waals surface area contributed by atoms with E-state index in [9.17, 15) is 19.8 Å². The second-order valence-corrected chi connectivity index (χ2v) is 13.5. The van der Waals surface area contributed by atoms with Crippen LogP contribution in [0.4, 0.5) is 0 Å². The summed E-state index contributed by atoms with van der Waals surface area (Å²) in [5.74, 6) is -6.91. The van der Waals surface area contributed by atoms with Gasteiger partial charge in [-0.25, -0.2) is 0 Å². The highest BCUT2D eigenvalue weighted by atomic mass is 16.7. The summed E-state index contributed by atoms with van der Waals surface area (Å²) < 4.78 is 18.6. The van der Waals surface area contributed by atoms with Crippen LogP contribution in [0, 0.1) is 11.3 Å². The molecule has 0 saturated heterocycles. The van der Waals surface area contributed by atoms with E-state index >= 15 is 0 Å². The van der Waals surface area contributed by atoms with Gasteiger partial charge < -0.3 is 40.0 Å². The first kappa shape index (κ1) is 36.2. The summed E-state index contributed by atoms with van der Waals surface area (Å²) >= 11 is 0. The summed E-state index contributed by atoms with van der Waals surface area (Å²) in [4.78, 5) is 31.5. The Morgan fingerprint density at radius 1 is 0.918 bits per heavy atom. The van der Waals surface area contributed by atoms with E-state index in [4.69, 9.17) is 19.9 Å². The molecular weight excluding hydrogens is 622 g/mol. The third-order valence-corrected chi connectivity index (χ3v) is 9.81. The normalized spacial score (nSPS) is 24.8. The number of unbranched alkanes of at least 4 members (excludes halogenated alkanes) is 1. The van der Waals surface area contributed by atoms with Gasteiger partial charge in [-0.1, -0.05) is 92.6 Å². The molecule has 0 radical (unpaired) electrons. The van der Waals surface area contributed by atoms with Gasteiger partial charge in [0.2, 0.25) is 11.7 Å². The Labute approximate surface area is 289 Å². The summed E-state index contributed by atoms with van der Waals surface area (Å²) in [7, 11) is 3.96. The highest BCUT2D eigenvalue weighted by Crippen LogP contribution is 2.57. The molecule has 3 aromatic rings. The van der Waals surface area contributed by atoms with Gasteiger partial charge in [0.1, 0.15) is 18.3 Å². The summed E-state index contributed by atoms with van der Waals surface area (Å²) in [6.45, 7) is 5.26. The van der Waals surface area contributed by atoms with Crippen molar-refractivity contribution in [1.29, 1.82) is 0 Å². The summed E-state index contributed by atoms with van der Waals surface area (Å²) in [6.07, 6.45) is 2.65. The molecule has 0 saturated carbocycles. The van der Waals surface area contributed by atoms with Crippen molar-refractivity contribution in [2.45, 2.75) is 71.0 Å². The monoisotopic (exact) mass is 671 g/mol. The molecule has 5 rings (SSSR count). The fourth-order valence-corrected chi connectivity index (χ4v) is 6.78. The molecule has 0 fully saturated rings. The number of likely N-dealkylation sites (N-methyl/N-ethyl adjacent to an activating group) is 1. The Hall–Kier alpha value is -4.06. The van der Waals surface area contributed by atoms with Crippen LogP contribution in [0.2, 0.25) is 0 Å². The molecule has 1 heterocycles. The van der Waals surface area contributed by atoms with Crippen LogP contribution in [0.3, 0.4) is 0 Å². The average molecular weight is 672 g/mol. The zero-order valence-electron chi connectivity index (χ0n) is 28.9. The Balaban J connectivity index is 1.55. The lowest BCUT2D eigenvalue weighted by Gasteiger charge is -2.57. The lowest BCUT2D eigenvalue weighted by Crippen LogP contribution is -2.71. The van der Waals surface area contributed by atoms with E-state index in [0.717, 1.165) is 28.8 Å². The van der Waals surface area contributed by atoms with Crippen molar-refractivity contribution in [3.05, 3.63) is 113 Å². The van der Waals surface area contributed by atoms with Crippen LogP contribution in [0.5, 0.6) is 5.75 Å². The summed E-state index contributed by atoms with van der Waals surface area (Å²) in [5.41, 5.74) is 7.47. The Morgan fingerprint density at radius 2 is 1.53 bits per heavy atom. The van der Waals surface area contributed by atoms with Crippen LogP contribution in [0.15, 0.2) is 90.5 Å². The number of amides is 2. The lowest BCUT2D eigenvalue weighted by atomic mass is 9.59. The van der Waals surface area contributed by atoms with Crippen LogP contribution >= 0.6 is 0 Å². The van der Waals surface area contributed by atoms with Crippen molar-refractivity contribution in [2.24, 2.45) is 17.1 Å². The smallest absolute Gasteiger partial charge is 0.255 e. The van der Waals surface area contributed by atoms with Crippen LogP contribution in [0.1, 0.15) is 55.4 Å². The van der Waals surface area contributed by atoms with E-state index < -0.39 is 34.7 Å². The molecule has 0 spiro atoms. The first-order valence-corrected chi connectivity index (χ1v) is 16.9. The number of benzene rings is 3. The third-order valence-electron chi connectivity index (χ3n) is 9.81. The average Bonchev–Trinajstić information content (AvgIpc) is 3.52. The molecular formula is C39H49N3O7. The van der Waals surface area contributed by atoms with Gasteiger partial charge in [-0.2, -0.15) is 0 Å². The van der Waals surface area contributed by atoms with Crippen molar-refractivity contribution < 1.29 is 34.0 Å². The van der Waals surface area contributed by atoms with E-state index in [0.29, 0.717) is 25.2 Å². The fraction of sp³-hybridized carbons (Fsp3) is 0.436. The molecule has 4 unspecified atom stereocenters. The number of aliphatic hydroxyl groups is 2. The molecule has 0 bridgehead atoms. The van der Waals surface area contributed by atoms with Crippen LogP contribution in [-0.4, -0.2) is 70.6 Å². The second-order valence-electron chi connectivity index (χ2n) is 13.5. The standard InChI is InChI=1S/C39H49N3O7/c1-5-6-19-37(2)38(45,48-26-28-13-9-7-10-14-28)33(35(40)43)23-34(39(37,46)49-27-29-15-11-8-12-16-29)36(44)42-24-30-17-18-32(22-31(30)25-42)47-21-20-41(3)4/h7-18,22-23,33,45-46H,5-6,19-21,24-27H2,1-4H3,(H2,40,43). The maximum atomic E-state index is 14.7. The maximum absolute atomic E-state index is 14.7. The third kappa shape index (κ3) is 7.44. The number of hydrogen-bond acceptors (Lipinski definition) is 8. The Kier molecular flexibility index (Phi) is 11.3. The van der Waals surface area contributed by atoms with Crippen molar-refractivity contribution >= 4 is 11.8 Å². The second kappa shape index (κ2) is 15.2. The topological polar surface area (TPSA) is 135 Å². The zero-order chi connectivity index (χ0) is 35.2. The van der Waals surface area contributed by atoms with Gasteiger partial charge in [-0.3, -0.25) is 9.59 Å². The zero-order valence-corrected chi connectivity index (χ0v) is 28.9. The first-order chi connectivity index (χ1) is 23.4. The highest BCUT2D eigenvalue weighted by Gasteiger charge is 2.70. The van der Waals surface area contributed by atoms with Crippen LogP contribution in [-0.2, 0) is 45.4 Å². The minimum Gasteiger partial charge on any atom is -0.492 e. The predicted octanol–water partition coefficient (Wildman–Crippen LogP) is 4.52. The van der Waals surface area contributed by atoms with Crippen molar-refractivity contribution in [3.63, 3.8) is 0 Å². The van der Waals surface area contributed by atoms with Gasteiger partial charge in [-0.15, -0.1) is 0 Å². The number of carbonyl (C=O) groups excluding carboxylic acids is 2. The largest absolute Gasteiger partial charge is 0.492 e. The lowest BCUT2D eigenvalue weighted by molar-refractivity contribution is -0.381.